The third-order valence-corrected chi connectivity index (χ3v) is 4.92. The Hall–Kier alpha value is -2.10. The van der Waals surface area contributed by atoms with Crippen molar-refractivity contribution in [1.29, 1.82) is 0 Å². The lowest BCUT2D eigenvalue weighted by atomic mass is 9.77. The van der Waals surface area contributed by atoms with Crippen molar-refractivity contribution in [2.24, 2.45) is 5.92 Å². The van der Waals surface area contributed by atoms with E-state index in [9.17, 15) is 4.79 Å². The second-order valence-electron chi connectivity index (χ2n) is 7.23. The fourth-order valence-electron chi connectivity index (χ4n) is 3.65. The Morgan fingerprint density at radius 2 is 2.00 bits per heavy atom. The van der Waals surface area contributed by atoms with Gasteiger partial charge in [-0.1, -0.05) is 33.8 Å². The summed E-state index contributed by atoms with van der Waals surface area (Å²) in [6.45, 7) is 8.76. The molecule has 0 spiro atoms. The van der Waals surface area contributed by atoms with Crippen LogP contribution in [0.5, 0.6) is 5.75 Å². The number of hydrogen-bond acceptors (Lipinski definition) is 3. The SMILES string of the molecule is COc1cccc(-n2nc(C(C)C)c3c2C(=O)CCC3C(C)C)c1. The zero-order valence-corrected chi connectivity index (χ0v) is 15.2. The lowest BCUT2D eigenvalue weighted by molar-refractivity contribution is 0.0955. The van der Waals surface area contributed by atoms with Gasteiger partial charge in [0.1, 0.15) is 11.4 Å². The summed E-state index contributed by atoms with van der Waals surface area (Å²) in [7, 11) is 1.65. The van der Waals surface area contributed by atoms with Crippen molar-refractivity contribution in [3.05, 3.63) is 41.2 Å². The van der Waals surface area contributed by atoms with Crippen molar-refractivity contribution in [3.8, 4) is 11.4 Å². The number of ketones is 1. The number of Topliss-reactive ketones (excluding diaryl/α,β-unsaturated/α-hetero) is 1. The first-order chi connectivity index (χ1) is 11.4. The molecular formula is C20H26N2O2. The van der Waals surface area contributed by atoms with Crippen molar-refractivity contribution < 1.29 is 9.53 Å². The van der Waals surface area contributed by atoms with Crippen LogP contribution in [0.4, 0.5) is 0 Å². The maximum absolute atomic E-state index is 12.7. The number of aromatic nitrogens is 2. The van der Waals surface area contributed by atoms with Crippen molar-refractivity contribution in [2.75, 3.05) is 7.11 Å². The molecule has 1 aliphatic rings. The van der Waals surface area contributed by atoms with Crippen LogP contribution in [0.1, 0.15) is 74.1 Å². The molecule has 0 N–H and O–H groups in total. The molecule has 1 aliphatic carbocycles. The smallest absolute Gasteiger partial charge is 0.181 e. The van der Waals surface area contributed by atoms with E-state index in [1.165, 1.54) is 5.56 Å². The lowest BCUT2D eigenvalue weighted by Crippen LogP contribution is -2.21. The summed E-state index contributed by atoms with van der Waals surface area (Å²) >= 11 is 0. The third kappa shape index (κ3) is 2.74. The predicted octanol–water partition coefficient (Wildman–Crippen LogP) is 4.72. The van der Waals surface area contributed by atoms with Crippen molar-refractivity contribution >= 4 is 5.78 Å². The Balaban J connectivity index is 2.25. The molecule has 1 aromatic carbocycles. The Morgan fingerprint density at radius 3 is 2.62 bits per heavy atom. The highest BCUT2D eigenvalue weighted by Gasteiger charge is 2.35. The number of ether oxygens (including phenoxy) is 1. The molecule has 1 atom stereocenters. The van der Waals surface area contributed by atoms with Gasteiger partial charge in [-0.15, -0.1) is 0 Å². The molecule has 0 fully saturated rings. The first kappa shape index (κ1) is 16.7. The molecular weight excluding hydrogens is 300 g/mol. The molecule has 1 heterocycles. The van der Waals surface area contributed by atoms with E-state index in [1.54, 1.807) is 7.11 Å². The minimum absolute atomic E-state index is 0.198. The molecule has 0 saturated heterocycles. The van der Waals surface area contributed by atoms with E-state index in [4.69, 9.17) is 9.84 Å². The summed E-state index contributed by atoms with van der Waals surface area (Å²) < 4.78 is 7.17. The van der Waals surface area contributed by atoms with Crippen LogP contribution in [-0.4, -0.2) is 22.7 Å². The summed E-state index contributed by atoms with van der Waals surface area (Å²) in [6, 6.07) is 7.75. The van der Waals surface area contributed by atoms with Crippen LogP contribution in [0, 0.1) is 5.92 Å². The minimum atomic E-state index is 0.198. The van der Waals surface area contributed by atoms with Crippen LogP contribution >= 0.6 is 0 Å². The number of hydrogen-bond donors (Lipinski definition) is 0. The number of benzene rings is 1. The molecule has 2 aromatic rings. The quantitative estimate of drug-likeness (QED) is 0.816. The Morgan fingerprint density at radius 1 is 1.25 bits per heavy atom. The molecule has 0 bridgehead atoms. The highest BCUT2D eigenvalue weighted by Crippen LogP contribution is 2.41. The Labute approximate surface area is 143 Å². The van der Waals surface area contributed by atoms with Gasteiger partial charge in [0.05, 0.1) is 18.5 Å². The van der Waals surface area contributed by atoms with Crippen molar-refractivity contribution in [2.45, 2.75) is 52.4 Å². The summed E-state index contributed by atoms with van der Waals surface area (Å²) in [5, 5.41) is 4.86. The van der Waals surface area contributed by atoms with E-state index in [0.29, 0.717) is 18.3 Å². The number of methoxy groups -OCH3 is 1. The third-order valence-electron chi connectivity index (χ3n) is 4.92. The first-order valence-electron chi connectivity index (χ1n) is 8.74. The number of fused-ring (bicyclic) bond motifs is 1. The van der Waals surface area contributed by atoms with E-state index in [2.05, 4.69) is 27.7 Å². The monoisotopic (exact) mass is 326 g/mol. The zero-order valence-electron chi connectivity index (χ0n) is 15.2. The minimum Gasteiger partial charge on any atom is -0.497 e. The summed E-state index contributed by atoms with van der Waals surface area (Å²) in [5.41, 5.74) is 3.88. The topological polar surface area (TPSA) is 44.1 Å². The van der Waals surface area contributed by atoms with E-state index >= 15 is 0 Å². The Kier molecular flexibility index (Phi) is 4.48. The Bertz CT molecular complexity index is 759. The number of carbonyl (C=O) groups is 1. The molecule has 0 aliphatic heterocycles. The standard InChI is InChI=1S/C20H26N2O2/c1-12(2)16-9-10-17(23)20-18(16)19(13(3)4)21-22(20)14-7-6-8-15(11-14)24-5/h6-8,11-13,16H,9-10H2,1-5H3. The molecule has 0 saturated carbocycles. The average molecular weight is 326 g/mol. The zero-order chi connectivity index (χ0) is 17.4. The maximum atomic E-state index is 12.7. The average Bonchev–Trinajstić information content (AvgIpc) is 2.96. The second kappa shape index (κ2) is 6.42. The second-order valence-corrected chi connectivity index (χ2v) is 7.23. The van der Waals surface area contributed by atoms with Gasteiger partial charge in [0.15, 0.2) is 5.78 Å². The van der Waals surface area contributed by atoms with Crippen LogP contribution in [0.2, 0.25) is 0 Å². The molecule has 0 amide bonds. The molecule has 0 radical (unpaired) electrons. The molecule has 3 rings (SSSR count). The van der Waals surface area contributed by atoms with E-state index < -0.39 is 0 Å². The highest BCUT2D eigenvalue weighted by molar-refractivity contribution is 5.98. The summed E-state index contributed by atoms with van der Waals surface area (Å²) in [6.07, 6.45) is 1.52. The molecule has 1 unspecified atom stereocenters. The van der Waals surface area contributed by atoms with Crippen molar-refractivity contribution in [1.82, 2.24) is 9.78 Å². The molecule has 128 valence electrons. The molecule has 4 nitrogen and oxygen atoms in total. The largest absolute Gasteiger partial charge is 0.497 e. The highest BCUT2D eigenvalue weighted by atomic mass is 16.5. The number of nitrogens with zero attached hydrogens (tertiary/aromatic N) is 2. The van der Waals surface area contributed by atoms with Gasteiger partial charge in [-0.05, 0) is 36.3 Å². The number of rotatable bonds is 4. The van der Waals surface area contributed by atoms with E-state index in [-0.39, 0.29) is 11.7 Å². The van der Waals surface area contributed by atoms with Crippen LogP contribution in [0.15, 0.2) is 24.3 Å². The fourth-order valence-corrected chi connectivity index (χ4v) is 3.65. The van der Waals surface area contributed by atoms with E-state index in [0.717, 1.165) is 29.2 Å². The van der Waals surface area contributed by atoms with Crippen LogP contribution in [0.3, 0.4) is 0 Å². The van der Waals surface area contributed by atoms with Gasteiger partial charge in [-0.25, -0.2) is 4.68 Å². The van der Waals surface area contributed by atoms with Gasteiger partial charge < -0.3 is 4.74 Å². The predicted molar refractivity (Wildman–Crippen MR) is 95.3 cm³/mol. The molecule has 4 heteroatoms. The van der Waals surface area contributed by atoms with Gasteiger partial charge in [0.2, 0.25) is 0 Å². The fraction of sp³-hybridized carbons (Fsp3) is 0.500. The van der Waals surface area contributed by atoms with Gasteiger partial charge in [-0.3, -0.25) is 4.79 Å². The van der Waals surface area contributed by atoms with Crippen molar-refractivity contribution in [3.63, 3.8) is 0 Å². The summed E-state index contributed by atoms with van der Waals surface area (Å²) in [4.78, 5) is 12.7. The number of carbonyl (C=O) groups excluding carboxylic acids is 1. The van der Waals surface area contributed by atoms with Crippen LogP contribution in [-0.2, 0) is 0 Å². The van der Waals surface area contributed by atoms with Crippen LogP contribution in [0.25, 0.3) is 5.69 Å². The maximum Gasteiger partial charge on any atom is 0.181 e. The lowest BCUT2D eigenvalue weighted by Gasteiger charge is -2.27. The van der Waals surface area contributed by atoms with Crippen LogP contribution < -0.4 is 4.74 Å². The normalized spacial score (nSPS) is 17.5. The van der Waals surface area contributed by atoms with E-state index in [1.807, 2.05) is 28.9 Å². The van der Waals surface area contributed by atoms with Gasteiger partial charge >= 0.3 is 0 Å². The van der Waals surface area contributed by atoms with Gasteiger partial charge in [-0.2, -0.15) is 5.10 Å². The first-order valence-corrected chi connectivity index (χ1v) is 8.74. The molecule has 24 heavy (non-hydrogen) atoms. The summed E-state index contributed by atoms with van der Waals surface area (Å²) in [5.74, 6) is 2.15. The van der Waals surface area contributed by atoms with Gasteiger partial charge in [0.25, 0.3) is 0 Å². The van der Waals surface area contributed by atoms with Gasteiger partial charge in [0, 0.05) is 18.1 Å². The molecule has 1 aromatic heterocycles.